The van der Waals surface area contributed by atoms with E-state index >= 15 is 0 Å². The van der Waals surface area contributed by atoms with E-state index in [1.165, 1.54) is 0 Å². The molecule has 0 aliphatic rings. The van der Waals surface area contributed by atoms with Crippen molar-refractivity contribution in [2.45, 2.75) is 19.7 Å². The van der Waals surface area contributed by atoms with Crippen molar-refractivity contribution < 1.29 is 0 Å². The highest BCUT2D eigenvalue weighted by Crippen LogP contribution is 1.92. The van der Waals surface area contributed by atoms with E-state index < -0.39 is 0 Å². The number of terminal acetylenes is 1. The summed E-state index contributed by atoms with van der Waals surface area (Å²) in [5.41, 5.74) is 0. The van der Waals surface area contributed by atoms with Gasteiger partial charge in [-0.2, -0.15) is 5.82 Å². The van der Waals surface area contributed by atoms with Crippen LogP contribution in [0.2, 0.25) is 5.82 Å². The summed E-state index contributed by atoms with van der Waals surface area (Å²) in [5.74, 6) is 2.98. The lowest BCUT2D eigenvalue weighted by Gasteiger charge is -1.87. The lowest BCUT2D eigenvalue weighted by Crippen LogP contribution is -1.88. The van der Waals surface area contributed by atoms with Crippen LogP contribution < -0.4 is 0 Å². The molecule has 0 aliphatic heterocycles. The van der Waals surface area contributed by atoms with Crippen molar-refractivity contribution in [1.29, 1.82) is 0 Å². The van der Waals surface area contributed by atoms with Crippen LogP contribution in [-0.4, -0.2) is 7.28 Å². The standard InChI is InChI=1S/C5H8B/c1-4-6-5(2)3/h1,5H,2-3H3. The van der Waals surface area contributed by atoms with Crippen molar-refractivity contribution in [2.24, 2.45) is 0 Å². The van der Waals surface area contributed by atoms with Gasteiger partial charge in [0.05, 0.1) is 0 Å². The second-order valence-corrected chi connectivity index (χ2v) is 1.58. The third-order valence-corrected chi connectivity index (χ3v) is 0.430. The van der Waals surface area contributed by atoms with Crippen LogP contribution in [0.25, 0.3) is 0 Å². The second-order valence-electron chi connectivity index (χ2n) is 1.58. The Bertz CT molecular complexity index is 58.8. The van der Waals surface area contributed by atoms with Crippen LogP contribution in [0.15, 0.2) is 0 Å². The molecule has 0 aromatic carbocycles. The zero-order valence-electron chi connectivity index (χ0n) is 4.23. The SMILES string of the molecule is C#C[B]C(C)C. The lowest BCUT2D eigenvalue weighted by molar-refractivity contribution is 1.07. The fourth-order valence-corrected chi connectivity index (χ4v) is 0.192. The average Bonchev–Trinajstić information content (AvgIpc) is 1.35. The summed E-state index contributed by atoms with van der Waals surface area (Å²) in [6, 6.07) is 0. The normalized spacial score (nSPS) is 7.67. The molecule has 31 valence electrons. The van der Waals surface area contributed by atoms with Crippen molar-refractivity contribution in [3.63, 3.8) is 0 Å². The van der Waals surface area contributed by atoms with Crippen molar-refractivity contribution >= 4 is 7.28 Å². The van der Waals surface area contributed by atoms with E-state index in [1.807, 2.05) is 7.28 Å². The van der Waals surface area contributed by atoms with Crippen LogP contribution in [0.4, 0.5) is 0 Å². The van der Waals surface area contributed by atoms with Gasteiger partial charge in [0.15, 0.2) is 0 Å². The van der Waals surface area contributed by atoms with E-state index in [-0.39, 0.29) is 0 Å². The molecule has 0 fully saturated rings. The molecule has 0 saturated carbocycles. The zero-order valence-corrected chi connectivity index (χ0v) is 4.23. The highest BCUT2D eigenvalue weighted by atomic mass is 13.7. The maximum atomic E-state index is 4.92. The van der Waals surface area contributed by atoms with Crippen LogP contribution in [0.3, 0.4) is 0 Å². The summed E-state index contributed by atoms with van der Waals surface area (Å²) in [6.07, 6.45) is 4.92. The molecule has 0 saturated heterocycles. The maximum Gasteiger partial charge on any atom is 0.218 e. The fraction of sp³-hybridized carbons (Fsp3) is 0.600. The quantitative estimate of drug-likeness (QED) is 0.326. The Morgan fingerprint density at radius 3 is 2.17 bits per heavy atom. The van der Waals surface area contributed by atoms with Gasteiger partial charge in [0.25, 0.3) is 0 Å². The molecule has 0 aromatic heterocycles. The summed E-state index contributed by atoms with van der Waals surface area (Å²) >= 11 is 0. The monoisotopic (exact) mass is 79.1 g/mol. The van der Waals surface area contributed by atoms with E-state index in [0.29, 0.717) is 5.82 Å². The van der Waals surface area contributed by atoms with Gasteiger partial charge >= 0.3 is 0 Å². The molecule has 0 heterocycles. The van der Waals surface area contributed by atoms with E-state index in [2.05, 4.69) is 19.7 Å². The Balaban J connectivity index is 2.88. The molecule has 0 N–H and O–H groups in total. The predicted molar refractivity (Wildman–Crippen MR) is 29.7 cm³/mol. The molecule has 0 atom stereocenters. The second kappa shape index (κ2) is 2.84. The molecular weight excluding hydrogens is 70.9 g/mol. The van der Waals surface area contributed by atoms with Gasteiger partial charge < -0.3 is 0 Å². The minimum Gasteiger partial charge on any atom is -0.166 e. The Morgan fingerprint density at radius 1 is 1.67 bits per heavy atom. The molecule has 1 heteroatoms. The van der Waals surface area contributed by atoms with E-state index in [4.69, 9.17) is 6.42 Å². The van der Waals surface area contributed by atoms with E-state index in [1.54, 1.807) is 0 Å². The van der Waals surface area contributed by atoms with Gasteiger partial charge in [-0.15, -0.1) is 6.42 Å². The largest absolute Gasteiger partial charge is 0.218 e. The Labute approximate surface area is 40.2 Å². The lowest BCUT2D eigenvalue weighted by atomic mass is 9.68. The van der Waals surface area contributed by atoms with E-state index in [9.17, 15) is 0 Å². The van der Waals surface area contributed by atoms with E-state index in [0.717, 1.165) is 0 Å². The molecule has 0 aliphatic carbocycles. The molecule has 0 aromatic rings. The van der Waals surface area contributed by atoms with Crippen LogP contribution >= 0.6 is 0 Å². The minimum absolute atomic E-state index is 0.537. The highest BCUT2D eigenvalue weighted by molar-refractivity contribution is 6.47. The third-order valence-electron chi connectivity index (χ3n) is 0.430. The maximum absolute atomic E-state index is 4.92. The summed E-state index contributed by atoms with van der Waals surface area (Å²) in [7, 11) is 1.82. The molecule has 6 heavy (non-hydrogen) atoms. The number of hydrogen-bond acceptors (Lipinski definition) is 0. The molecule has 1 radical (unpaired) electrons. The molecule has 0 bridgehead atoms. The Kier molecular flexibility index (Phi) is 2.66. The number of rotatable bonds is 1. The molecule has 0 rings (SSSR count). The predicted octanol–water partition coefficient (Wildman–Crippen LogP) is 1.11. The molecule has 0 unspecified atom stereocenters. The summed E-state index contributed by atoms with van der Waals surface area (Å²) in [6.45, 7) is 4.11. The smallest absolute Gasteiger partial charge is 0.166 e. The first-order chi connectivity index (χ1) is 2.77. The van der Waals surface area contributed by atoms with Gasteiger partial charge in [-0.05, 0) is 0 Å². The molecular formula is C5H8B. The van der Waals surface area contributed by atoms with Gasteiger partial charge in [-0.3, -0.25) is 0 Å². The topological polar surface area (TPSA) is 0 Å². The van der Waals surface area contributed by atoms with Gasteiger partial charge in [-0.1, -0.05) is 19.7 Å². The third kappa shape index (κ3) is 3.62. The van der Waals surface area contributed by atoms with Gasteiger partial charge in [-0.25, -0.2) is 0 Å². The first-order valence-corrected chi connectivity index (χ1v) is 2.07. The minimum atomic E-state index is 0.537. The van der Waals surface area contributed by atoms with Crippen molar-refractivity contribution in [3.05, 3.63) is 0 Å². The van der Waals surface area contributed by atoms with Crippen LogP contribution in [0, 0.1) is 12.2 Å². The summed E-state index contributed by atoms with van der Waals surface area (Å²) < 4.78 is 0. The molecule has 0 spiro atoms. The Hall–Kier alpha value is -0.375. The van der Waals surface area contributed by atoms with Crippen molar-refractivity contribution in [3.8, 4) is 12.2 Å². The number of hydrogen-bond donors (Lipinski definition) is 0. The van der Waals surface area contributed by atoms with Crippen LogP contribution in [0.5, 0.6) is 0 Å². The fourth-order valence-electron chi connectivity index (χ4n) is 0.192. The zero-order chi connectivity index (χ0) is 4.99. The highest BCUT2D eigenvalue weighted by Gasteiger charge is 1.87. The summed E-state index contributed by atoms with van der Waals surface area (Å²) in [4.78, 5) is 0. The molecule has 0 amide bonds. The average molecular weight is 78.9 g/mol. The first-order valence-electron chi connectivity index (χ1n) is 2.07. The van der Waals surface area contributed by atoms with Gasteiger partial charge in [0, 0.05) is 0 Å². The van der Waals surface area contributed by atoms with Crippen molar-refractivity contribution in [2.75, 3.05) is 0 Å². The van der Waals surface area contributed by atoms with Gasteiger partial charge in [0.1, 0.15) is 0 Å². The van der Waals surface area contributed by atoms with Crippen LogP contribution in [-0.2, 0) is 0 Å². The molecule has 0 nitrogen and oxygen atoms in total. The van der Waals surface area contributed by atoms with Crippen LogP contribution in [0.1, 0.15) is 13.8 Å². The summed E-state index contributed by atoms with van der Waals surface area (Å²) in [5, 5.41) is 0. The Morgan fingerprint density at radius 2 is 2.17 bits per heavy atom. The first kappa shape index (κ1) is 5.62. The van der Waals surface area contributed by atoms with Gasteiger partial charge in [0.2, 0.25) is 7.28 Å². The van der Waals surface area contributed by atoms with Crippen molar-refractivity contribution in [1.82, 2.24) is 0 Å².